The lowest BCUT2D eigenvalue weighted by atomic mass is 9.87. The lowest BCUT2D eigenvalue weighted by molar-refractivity contribution is -0.135. The Balaban J connectivity index is 1.79. The molecule has 1 saturated heterocycles. The molecular weight excluding hydrogens is 393 g/mol. The second-order valence-corrected chi connectivity index (χ2v) is 9.89. The van der Waals surface area contributed by atoms with Gasteiger partial charge in [-0.1, -0.05) is 20.8 Å². The predicted octanol–water partition coefficient (Wildman–Crippen LogP) is 3.85. The summed E-state index contributed by atoms with van der Waals surface area (Å²) >= 11 is 0. The number of hydrogen-bond acceptors (Lipinski definition) is 4. The lowest BCUT2D eigenvalue weighted by Gasteiger charge is -2.40. The number of carbonyl (C=O) groups excluding carboxylic acids is 1. The molecule has 0 spiro atoms. The van der Waals surface area contributed by atoms with Gasteiger partial charge in [0, 0.05) is 30.8 Å². The molecule has 1 fully saturated rings. The number of piperazine rings is 1. The maximum absolute atomic E-state index is 13.8. The van der Waals surface area contributed by atoms with Crippen LogP contribution < -0.4 is 5.32 Å². The Kier molecular flexibility index (Phi) is 5.12. The molecule has 0 radical (unpaired) electrons. The van der Waals surface area contributed by atoms with E-state index in [0.717, 1.165) is 34.7 Å². The van der Waals surface area contributed by atoms with Crippen LogP contribution in [-0.4, -0.2) is 44.0 Å². The van der Waals surface area contributed by atoms with Crippen molar-refractivity contribution in [2.24, 2.45) is 0 Å². The van der Waals surface area contributed by atoms with Crippen molar-refractivity contribution in [3.63, 3.8) is 0 Å². The van der Waals surface area contributed by atoms with E-state index in [2.05, 4.69) is 37.1 Å². The molecule has 164 valence electrons. The van der Waals surface area contributed by atoms with Gasteiger partial charge in [-0.3, -0.25) is 9.69 Å². The Morgan fingerprint density at radius 2 is 1.97 bits per heavy atom. The highest BCUT2D eigenvalue weighted by molar-refractivity contribution is 5.86. The normalized spacial score (nSPS) is 17.2. The van der Waals surface area contributed by atoms with Crippen LogP contribution >= 0.6 is 0 Å². The molecule has 0 aliphatic carbocycles. The fourth-order valence-electron chi connectivity index (χ4n) is 4.01. The molecule has 1 N–H and O–H groups in total. The first-order valence-electron chi connectivity index (χ1n) is 10.7. The van der Waals surface area contributed by atoms with Gasteiger partial charge in [-0.2, -0.15) is 5.10 Å². The maximum atomic E-state index is 13.8. The highest BCUT2D eigenvalue weighted by Gasteiger charge is 2.37. The minimum Gasteiger partial charge on any atom is -0.353 e. The van der Waals surface area contributed by atoms with Crippen LogP contribution in [-0.2, 0) is 16.8 Å². The van der Waals surface area contributed by atoms with Crippen LogP contribution in [0.15, 0.2) is 30.5 Å². The Morgan fingerprint density at radius 3 is 2.65 bits per heavy atom. The molecule has 7 heteroatoms. The molecule has 1 aromatic carbocycles. The van der Waals surface area contributed by atoms with Gasteiger partial charge in [0.25, 0.3) is 0 Å². The molecule has 2 aromatic heterocycles. The van der Waals surface area contributed by atoms with Gasteiger partial charge in [-0.15, -0.1) is 0 Å². The standard InChI is InChI=1S/C24H30FN5O/c1-15-11-16(7-8-19(15)25)20-12-18(23(2,3)4)21-27-17(14-30(21)28-20)13-29-10-9-26-22(31)24(29,5)6/h7-8,11-12,14H,9-10,13H2,1-6H3,(H,26,31). The monoisotopic (exact) mass is 423 g/mol. The van der Waals surface area contributed by atoms with E-state index in [-0.39, 0.29) is 17.1 Å². The third-order valence-corrected chi connectivity index (χ3v) is 6.10. The van der Waals surface area contributed by atoms with Gasteiger partial charge in [0.1, 0.15) is 5.82 Å². The van der Waals surface area contributed by atoms with Crippen LogP contribution in [0.5, 0.6) is 0 Å². The van der Waals surface area contributed by atoms with Crippen molar-refractivity contribution in [1.82, 2.24) is 24.8 Å². The maximum Gasteiger partial charge on any atom is 0.240 e. The SMILES string of the molecule is Cc1cc(-c2cc(C(C)(C)C)c3nc(CN4CCNC(=O)C4(C)C)cn3n2)ccc1F. The zero-order valence-electron chi connectivity index (χ0n) is 19.1. The largest absolute Gasteiger partial charge is 0.353 e. The number of nitrogens with one attached hydrogen (secondary N) is 1. The fourth-order valence-corrected chi connectivity index (χ4v) is 4.01. The average Bonchev–Trinajstić information content (AvgIpc) is 3.08. The van der Waals surface area contributed by atoms with Gasteiger partial charge in [0.2, 0.25) is 5.91 Å². The van der Waals surface area contributed by atoms with Crippen molar-refractivity contribution in [2.75, 3.05) is 13.1 Å². The van der Waals surface area contributed by atoms with Gasteiger partial charge in [0.15, 0.2) is 5.65 Å². The third-order valence-electron chi connectivity index (χ3n) is 6.10. The predicted molar refractivity (Wildman–Crippen MR) is 119 cm³/mol. The average molecular weight is 424 g/mol. The molecule has 4 rings (SSSR count). The van der Waals surface area contributed by atoms with Crippen molar-refractivity contribution in [3.8, 4) is 11.3 Å². The second-order valence-electron chi connectivity index (χ2n) is 9.89. The minimum absolute atomic E-state index is 0.0324. The van der Waals surface area contributed by atoms with Crippen LogP contribution in [0.4, 0.5) is 4.39 Å². The van der Waals surface area contributed by atoms with Crippen molar-refractivity contribution in [1.29, 1.82) is 0 Å². The van der Waals surface area contributed by atoms with Crippen LogP contribution in [0.25, 0.3) is 16.9 Å². The first kappa shape index (κ1) is 21.4. The number of imidazole rings is 1. The number of amides is 1. The summed E-state index contributed by atoms with van der Waals surface area (Å²) < 4.78 is 15.6. The molecular formula is C24H30FN5O. The second kappa shape index (κ2) is 7.41. The zero-order valence-corrected chi connectivity index (χ0v) is 19.1. The van der Waals surface area contributed by atoms with Gasteiger partial charge in [-0.05, 0) is 56.0 Å². The molecule has 1 aliphatic heterocycles. The number of hydrogen-bond donors (Lipinski definition) is 1. The molecule has 1 aliphatic rings. The van der Waals surface area contributed by atoms with E-state index in [1.165, 1.54) is 6.07 Å². The van der Waals surface area contributed by atoms with E-state index in [1.807, 2.05) is 30.6 Å². The third kappa shape index (κ3) is 3.94. The fraction of sp³-hybridized carbons (Fsp3) is 0.458. The molecule has 1 amide bonds. The summed E-state index contributed by atoms with van der Waals surface area (Å²) in [7, 11) is 0. The quantitative estimate of drug-likeness (QED) is 0.695. The van der Waals surface area contributed by atoms with Crippen molar-refractivity contribution in [2.45, 2.75) is 59.0 Å². The van der Waals surface area contributed by atoms with Crippen LogP contribution in [0.3, 0.4) is 0 Å². The van der Waals surface area contributed by atoms with Crippen molar-refractivity contribution in [3.05, 3.63) is 53.1 Å². The topological polar surface area (TPSA) is 62.5 Å². The Morgan fingerprint density at radius 1 is 1.23 bits per heavy atom. The number of rotatable bonds is 3. The molecule has 31 heavy (non-hydrogen) atoms. The van der Waals surface area contributed by atoms with Crippen molar-refractivity contribution < 1.29 is 9.18 Å². The highest BCUT2D eigenvalue weighted by Crippen LogP contribution is 2.31. The molecule has 0 atom stereocenters. The van der Waals surface area contributed by atoms with Gasteiger partial charge < -0.3 is 5.32 Å². The van der Waals surface area contributed by atoms with Crippen LogP contribution in [0, 0.1) is 12.7 Å². The summed E-state index contributed by atoms with van der Waals surface area (Å²) in [6, 6.07) is 7.12. The van der Waals surface area contributed by atoms with E-state index < -0.39 is 5.54 Å². The number of carbonyl (C=O) groups is 1. The molecule has 0 bridgehead atoms. The van der Waals surface area contributed by atoms with Gasteiger partial charge >= 0.3 is 0 Å². The Hall–Kier alpha value is -2.80. The highest BCUT2D eigenvalue weighted by atomic mass is 19.1. The van der Waals surface area contributed by atoms with Crippen molar-refractivity contribution >= 4 is 11.6 Å². The number of nitrogens with zero attached hydrogens (tertiary/aromatic N) is 4. The summed E-state index contributed by atoms with van der Waals surface area (Å²) in [4.78, 5) is 19.4. The minimum atomic E-state index is -0.592. The van der Waals surface area contributed by atoms with E-state index >= 15 is 0 Å². The van der Waals surface area contributed by atoms with E-state index in [4.69, 9.17) is 10.1 Å². The molecule has 0 unspecified atom stereocenters. The first-order valence-corrected chi connectivity index (χ1v) is 10.7. The zero-order chi connectivity index (χ0) is 22.6. The first-order chi connectivity index (χ1) is 14.5. The summed E-state index contributed by atoms with van der Waals surface area (Å²) in [5, 5.41) is 7.72. The molecule has 3 heterocycles. The number of benzene rings is 1. The van der Waals surface area contributed by atoms with Crippen LogP contribution in [0.1, 0.15) is 51.4 Å². The Bertz CT molecular complexity index is 1160. The van der Waals surface area contributed by atoms with E-state index in [1.54, 1.807) is 13.0 Å². The van der Waals surface area contributed by atoms with E-state index in [0.29, 0.717) is 18.7 Å². The number of aromatic nitrogens is 3. The number of halogens is 1. The number of fused-ring (bicyclic) bond motifs is 1. The smallest absolute Gasteiger partial charge is 0.240 e. The van der Waals surface area contributed by atoms with Gasteiger partial charge in [0.05, 0.1) is 23.1 Å². The van der Waals surface area contributed by atoms with Gasteiger partial charge in [-0.25, -0.2) is 13.9 Å². The summed E-state index contributed by atoms with van der Waals surface area (Å²) in [5.74, 6) is -0.191. The molecule has 3 aromatic rings. The molecule has 0 saturated carbocycles. The van der Waals surface area contributed by atoms with Crippen LogP contribution in [0.2, 0.25) is 0 Å². The van der Waals surface area contributed by atoms with E-state index in [9.17, 15) is 9.18 Å². The number of aryl methyl sites for hydroxylation is 1. The summed E-state index contributed by atoms with van der Waals surface area (Å²) in [5.41, 5.74) is 4.25. The molecule has 6 nitrogen and oxygen atoms in total. The Labute approximate surface area is 182 Å². The summed E-state index contributed by atoms with van der Waals surface area (Å²) in [6.07, 6.45) is 1.94. The lowest BCUT2D eigenvalue weighted by Crippen LogP contribution is -2.61. The summed E-state index contributed by atoms with van der Waals surface area (Å²) in [6.45, 7) is 14.0.